The van der Waals surface area contributed by atoms with Gasteiger partial charge < -0.3 is 10.1 Å². The van der Waals surface area contributed by atoms with Crippen LogP contribution in [0.25, 0.3) is 0 Å². The van der Waals surface area contributed by atoms with E-state index in [1.807, 2.05) is 36.5 Å². The second kappa shape index (κ2) is 8.22. The molecule has 0 fully saturated rings. The number of hydrogen-bond acceptors (Lipinski definition) is 3. The maximum atomic E-state index is 12.9. The number of nitrogens with zero attached hydrogens (tertiary/aromatic N) is 1. The molecule has 0 aliphatic rings. The predicted molar refractivity (Wildman–Crippen MR) is 92.0 cm³/mol. The van der Waals surface area contributed by atoms with Crippen molar-refractivity contribution in [2.24, 2.45) is 0 Å². The van der Waals surface area contributed by atoms with Gasteiger partial charge >= 0.3 is 0 Å². The maximum absolute atomic E-state index is 12.9. The van der Waals surface area contributed by atoms with E-state index < -0.39 is 0 Å². The lowest BCUT2D eigenvalue weighted by atomic mass is 10.2. The summed E-state index contributed by atoms with van der Waals surface area (Å²) < 4.78 is 18.7. The fraction of sp³-hybridized carbons (Fsp3) is 0.150. The monoisotopic (exact) mass is 322 g/mol. The van der Waals surface area contributed by atoms with Gasteiger partial charge in [-0.2, -0.15) is 0 Å². The van der Waals surface area contributed by atoms with Crippen molar-refractivity contribution in [1.29, 1.82) is 0 Å². The summed E-state index contributed by atoms with van der Waals surface area (Å²) in [7, 11) is 0. The Bertz CT molecular complexity index is 760. The standard InChI is InChI=1S/C20H19FN2O/c21-19-8-6-16(7-9-19)15-24-20-5-1-3-17(11-20)12-23-14-18-4-2-10-22-13-18/h1-11,13,23H,12,14-15H2. The van der Waals surface area contributed by atoms with Crippen LogP contribution >= 0.6 is 0 Å². The van der Waals surface area contributed by atoms with Gasteiger partial charge in [0.1, 0.15) is 18.2 Å². The zero-order valence-electron chi connectivity index (χ0n) is 13.3. The molecule has 0 saturated heterocycles. The highest BCUT2D eigenvalue weighted by molar-refractivity contribution is 5.29. The third kappa shape index (κ3) is 4.89. The Morgan fingerprint density at radius 3 is 2.46 bits per heavy atom. The Balaban J connectivity index is 1.51. The first kappa shape index (κ1) is 16.1. The Hall–Kier alpha value is -2.72. The van der Waals surface area contributed by atoms with Gasteiger partial charge in [0.15, 0.2) is 0 Å². The summed E-state index contributed by atoms with van der Waals surface area (Å²) >= 11 is 0. The molecule has 122 valence electrons. The molecular formula is C20H19FN2O. The van der Waals surface area contributed by atoms with E-state index in [2.05, 4.69) is 16.4 Å². The van der Waals surface area contributed by atoms with E-state index in [0.717, 1.165) is 35.5 Å². The maximum Gasteiger partial charge on any atom is 0.123 e. The van der Waals surface area contributed by atoms with Crippen molar-refractivity contribution in [1.82, 2.24) is 10.3 Å². The fourth-order valence-electron chi connectivity index (χ4n) is 2.35. The van der Waals surface area contributed by atoms with Crippen molar-refractivity contribution < 1.29 is 9.13 Å². The van der Waals surface area contributed by atoms with Crippen molar-refractivity contribution in [3.63, 3.8) is 0 Å². The summed E-state index contributed by atoms with van der Waals surface area (Å²) in [6.45, 7) is 1.95. The molecule has 2 aromatic carbocycles. The van der Waals surface area contributed by atoms with Crippen molar-refractivity contribution >= 4 is 0 Å². The van der Waals surface area contributed by atoms with Crippen LogP contribution in [0.4, 0.5) is 4.39 Å². The molecule has 1 aromatic heterocycles. The Labute approximate surface area is 141 Å². The van der Waals surface area contributed by atoms with Gasteiger partial charge in [-0.15, -0.1) is 0 Å². The largest absolute Gasteiger partial charge is 0.489 e. The molecule has 0 spiro atoms. The molecule has 4 heteroatoms. The number of hydrogen-bond donors (Lipinski definition) is 1. The predicted octanol–water partition coefficient (Wildman–Crippen LogP) is 4.09. The van der Waals surface area contributed by atoms with Crippen molar-refractivity contribution in [3.05, 3.63) is 95.6 Å². The van der Waals surface area contributed by atoms with Crippen LogP contribution in [0.5, 0.6) is 5.75 Å². The molecule has 3 aromatic rings. The molecule has 0 aliphatic carbocycles. The van der Waals surface area contributed by atoms with Crippen LogP contribution in [0.2, 0.25) is 0 Å². The Morgan fingerprint density at radius 2 is 1.67 bits per heavy atom. The van der Waals surface area contributed by atoms with Gasteiger partial charge in [0.2, 0.25) is 0 Å². The van der Waals surface area contributed by atoms with Gasteiger partial charge in [-0.05, 0) is 47.0 Å². The van der Waals surface area contributed by atoms with Gasteiger partial charge in [-0.25, -0.2) is 4.39 Å². The fourth-order valence-corrected chi connectivity index (χ4v) is 2.35. The quantitative estimate of drug-likeness (QED) is 0.711. The second-order valence-electron chi connectivity index (χ2n) is 5.53. The average Bonchev–Trinajstić information content (AvgIpc) is 2.63. The molecule has 1 heterocycles. The SMILES string of the molecule is Fc1ccc(COc2cccc(CNCc3cccnc3)c2)cc1. The summed E-state index contributed by atoms with van der Waals surface area (Å²) in [5.41, 5.74) is 3.24. The molecule has 0 unspecified atom stereocenters. The molecule has 0 saturated carbocycles. The third-order valence-electron chi connectivity index (χ3n) is 3.60. The van der Waals surface area contributed by atoms with Crippen LogP contribution in [0.1, 0.15) is 16.7 Å². The van der Waals surface area contributed by atoms with E-state index in [1.54, 1.807) is 18.3 Å². The van der Waals surface area contributed by atoms with Crippen molar-refractivity contribution in [2.75, 3.05) is 0 Å². The number of benzene rings is 2. The highest BCUT2D eigenvalue weighted by Crippen LogP contribution is 2.15. The van der Waals surface area contributed by atoms with E-state index in [-0.39, 0.29) is 5.82 Å². The highest BCUT2D eigenvalue weighted by Gasteiger charge is 2.00. The number of halogens is 1. The van der Waals surface area contributed by atoms with Crippen LogP contribution < -0.4 is 10.1 Å². The molecule has 1 N–H and O–H groups in total. The average molecular weight is 322 g/mol. The van der Waals surface area contributed by atoms with Crippen LogP contribution in [-0.4, -0.2) is 4.98 Å². The lowest BCUT2D eigenvalue weighted by Gasteiger charge is -2.09. The van der Waals surface area contributed by atoms with Gasteiger partial charge in [-0.1, -0.05) is 30.3 Å². The minimum absolute atomic E-state index is 0.236. The zero-order valence-corrected chi connectivity index (χ0v) is 13.3. The summed E-state index contributed by atoms with van der Waals surface area (Å²) in [6.07, 6.45) is 3.63. The molecule has 0 bridgehead atoms. The van der Waals surface area contributed by atoms with Gasteiger partial charge in [0.25, 0.3) is 0 Å². The van der Waals surface area contributed by atoms with Crippen molar-refractivity contribution in [2.45, 2.75) is 19.7 Å². The number of rotatable bonds is 7. The topological polar surface area (TPSA) is 34.1 Å². The minimum Gasteiger partial charge on any atom is -0.489 e. The Morgan fingerprint density at radius 1 is 0.875 bits per heavy atom. The first-order valence-electron chi connectivity index (χ1n) is 7.85. The lowest BCUT2D eigenvalue weighted by molar-refractivity contribution is 0.305. The molecular weight excluding hydrogens is 303 g/mol. The van der Waals surface area contributed by atoms with E-state index in [9.17, 15) is 4.39 Å². The summed E-state index contributed by atoms with van der Waals surface area (Å²) in [6, 6.07) is 18.3. The highest BCUT2D eigenvalue weighted by atomic mass is 19.1. The number of nitrogens with one attached hydrogen (secondary N) is 1. The van der Waals surface area contributed by atoms with Gasteiger partial charge in [-0.3, -0.25) is 4.98 Å². The van der Waals surface area contributed by atoms with Gasteiger partial charge in [0.05, 0.1) is 0 Å². The first-order valence-corrected chi connectivity index (χ1v) is 7.85. The lowest BCUT2D eigenvalue weighted by Crippen LogP contribution is -2.12. The molecule has 24 heavy (non-hydrogen) atoms. The normalized spacial score (nSPS) is 10.5. The van der Waals surface area contributed by atoms with E-state index in [0.29, 0.717) is 6.61 Å². The Kier molecular flexibility index (Phi) is 5.53. The van der Waals surface area contributed by atoms with Gasteiger partial charge in [0, 0.05) is 25.5 Å². The third-order valence-corrected chi connectivity index (χ3v) is 3.60. The van der Waals surface area contributed by atoms with Crippen molar-refractivity contribution in [3.8, 4) is 5.75 Å². The molecule has 3 nitrogen and oxygen atoms in total. The summed E-state index contributed by atoms with van der Waals surface area (Å²) in [5.74, 6) is 0.570. The number of ether oxygens (including phenoxy) is 1. The molecule has 0 amide bonds. The summed E-state index contributed by atoms with van der Waals surface area (Å²) in [4.78, 5) is 4.10. The minimum atomic E-state index is -0.236. The summed E-state index contributed by atoms with van der Waals surface area (Å²) in [5, 5.41) is 3.39. The number of aromatic nitrogens is 1. The van der Waals surface area contributed by atoms with E-state index >= 15 is 0 Å². The van der Waals surface area contributed by atoms with Crippen LogP contribution in [0.15, 0.2) is 73.1 Å². The molecule has 0 atom stereocenters. The van der Waals surface area contributed by atoms with Crippen LogP contribution in [-0.2, 0) is 19.7 Å². The number of pyridine rings is 1. The van der Waals surface area contributed by atoms with E-state index in [4.69, 9.17) is 4.74 Å². The molecule has 0 radical (unpaired) electrons. The second-order valence-corrected chi connectivity index (χ2v) is 5.53. The van der Waals surface area contributed by atoms with Crippen LogP contribution in [0.3, 0.4) is 0 Å². The smallest absolute Gasteiger partial charge is 0.123 e. The molecule has 3 rings (SSSR count). The van der Waals surface area contributed by atoms with E-state index in [1.165, 1.54) is 12.1 Å². The zero-order chi connectivity index (χ0) is 16.6. The molecule has 0 aliphatic heterocycles. The van der Waals surface area contributed by atoms with Crippen LogP contribution in [0, 0.1) is 5.82 Å². The first-order chi connectivity index (χ1) is 11.8.